The second kappa shape index (κ2) is 15.5. The first kappa shape index (κ1) is 22.9. The summed E-state index contributed by atoms with van der Waals surface area (Å²) in [6.07, 6.45) is 12.1. The summed E-state index contributed by atoms with van der Waals surface area (Å²) in [5.41, 5.74) is 0. The van der Waals surface area contributed by atoms with Gasteiger partial charge in [-0.25, -0.2) is 0 Å². The van der Waals surface area contributed by atoms with E-state index in [9.17, 15) is 9.59 Å². The van der Waals surface area contributed by atoms with Crippen molar-refractivity contribution in [2.75, 3.05) is 13.2 Å². The normalized spacial score (nSPS) is 17.8. The van der Waals surface area contributed by atoms with E-state index in [4.69, 9.17) is 9.47 Å². The lowest BCUT2D eigenvalue weighted by atomic mass is 9.90. The zero-order valence-corrected chi connectivity index (χ0v) is 16.3. The Morgan fingerprint density at radius 3 is 1.62 bits per heavy atom. The van der Waals surface area contributed by atoms with E-state index in [-0.39, 0.29) is 11.9 Å². The summed E-state index contributed by atoms with van der Waals surface area (Å²) in [5.74, 6) is 1.10. The summed E-state index contributed by atoms with van der Waals surface area (Å²) in [4.78, 5) is 21.2. The van der Waals surface area contributed by atoms with Gasteiger partial charge in [0.05, 0.1) is 13.2 Å². The van der Waals surface area contributed by atoms with Crippen LogP contribution in [-0.2, 0) is 19.1 Å². The number of esters is 2. The number of hydrogen-bond acceptors (Lipinski definition) is 4. The number of hydrogen-bond donors (Lipinski definition) is 0. The molecule has 24 heavy (non-hydrogen) atoms. The second-order valence-corrected chi connectivity index (χ2v) is 6.49. The molecule has 0 heterocycles. The van der Waals surface area contributed by atoms with Gasteiger partial charge in [0.15, 0.2) is 0 Å². The fourth-order valence-corrected chi connectivity index (χ4v) is 3.08. The zero-order valence-electron chi connectivity index (χ0n) is 16.3. The Morgan fingerprint density at radius 1 is 0.792 bits per heavy atom. The largest absolute Gasteiger partial charge is 0.466 e. The van der Waals surface area contributed by atoms with Crippen LogP contribution in [0.4, 0.5) is 0 Å². The SMILES string of the molecule is CC.CC(=O)OCC1CCCC1.CCC(=O)OCC1CCCCC1. The molecule has 0 aromatic carbocycles. The van der Waals surface area contributed by atoms with Crippen molar-refractivity contribution in [2.45, 2.75) is 91.9 Å². The van der Waals surface area contributed by atoms with Crippen LogP contribution >= 0.6 is 0 Å². The van der Waals surface area contributed by atoms with Gasteiger partial charge in [-0.2, -0.15) is 0 Å². The van der Waals surface area contributed by atoms with Gasteiger partial charge in [0, 0.05) is 13.3 Å². The minimum atomic E-state index is -0.146. The third kappa shape index (κ3) is 12.4. The van der Waals surface area contributed by atoms with Gasteiger partial charge in [-0.05, 0) is 37.5 Å². The van der Waals surface area contributed by atoms with Crippen molar-refractivity contribution in [3.05, 3.63) is 0 Å². The van der Waals surface area contributed by atoms with Crippen molar-refractivity contribution in [3.8, 4) is 0 Å². The molecular formula is C20H38O4. The lowest BCUT2D eigenvalue weighted by Crippen LogP contribution is -2.16. The maximum absolute atomic E-state index is 10.8. The summed E-state index contributed by atoms with van der Waals surface area (Å²) >= 11 is 0. The van der Waals surface area contributed by atoms with E-state index in [0.29, 0.717) is 31.5 Å². The van der Waals surface area contributed by atoms with Crippen LogP contribution in [0.15, 0.2) is 0 Å². The van der Waals surface area contributed by atoms with Gasteiger partial charge in [0.1, 0.15) is 0 Å². The highest BCUT2D eigenvalue weighted by Crippen LogP contribution is 2.24. The zero-order chi connectivity index (χ0) is 18.2. The molecule has 0 unspecified atom stereocenters. The van der Waals surface area contributed by atoms with Crippen molar-refractivity contribution in [1.82, 2.24) is 0 Å². The fourth-order valence-electron chi connectivity index (χ4n) is 3.08. The van der Waals surface area contributed by atoms with E-state index in [2.05, 4.69) is 0 Å². The summed E-state index contributed by atoms with van der Waals surface area (Å²) in [6, 6.07) is 0. The summed E-state index contributed by atoms with van der Waals surface area (Å²) in [7, 11) is 0. The molecule has 2 rings (SSSR count). The van der Waals surface area contributed by atoms with E-state index in [1.54, 1.807) is 0 Å². The Bertz CT molecular complexity index is 316. The molecule has 0 amide bonds. The molecule has 4 heteroatoms. The van der Waals surface area contributed by atoms with Crippen LogP contribution in [-0.4, -0.2) is 25.2 Å². The molecule has 0 atom stereocenters. The Labute approximate surface area is 148 Å². The predicted molar refractivity (Wildman–Crippen MR) is 97.8 cm³/mol. The van der Waals surface area contributed by atoms with Crippen LogP contribution in [0.25, 0.3) is 0 Å². The monoisotopic (exact) mass is 342 g/mol. The standard InChI is InChI=1S/C10H18O2.C8H14O2.C2H6/c1-2-10(11)12-8-9-6-4-3-5-7-9;1-7(9)10-6-8-4-2-3-5-8;1-2/h9H,2-8H2,1H3;8H,2-6H2,1H3;1-2H3. The van der Waals surface area contributed by atoms with Crippen LogP contribution in [0.2, 0.25) is 0 Å². The lowest BCUT2D eigenvalue weighted by molar-refractivity contribution is -0.145. The van der Waals surface area contributed by atoms with Gasteiger partial charge in [-0.1, -0.05) is 52.9 Å². The third-order valence-corrected chi connectivity index (χ3v) is 4.49. The first-order valence-electron chi connectivity index (χ1n) is 9.90. The molecule has 142 valence electrons. The second-order valence-electron chi connectivity index (χ2n) is 6.49. The van der Waals surface area contributed by atoms with Crippen LogP contribution < -0.4 is 0 Å². The number of ether oxygens (including phenoxy) is 2. The van der Waals surface area contributed by atoms with E-state index >= 15 is 0 Å². The highest BCUT2D eigenvalue weighted by molar-refractivity contribution is 5.68. The molecule has 2 aliphatic carbocycles. The highest BCUT2D eigenvalue weighted by Gasteiger charge is 2.15. The molecule has 0 aromatic heterocycles. The first-order chi connectivity index (χ1) is 11.6. The molecule has 4 nitrogen and oxygen atoms in total. The maximum atomic E-state index is 10.8. The van der Waals surface area contributed by atoms with E-state index in [1.165, 1.54) is 64.7 Å². The maximum Gasteiger partial charge on any atom is 0.305 e. The fraction of sp³-hybridized carbons (Fsp3) is 0.900. The Morgan fingerprint density at radius 2 is 1.21 bits per heavy atom. The van der Waals surface area contributed by atoms with E-state index in [0.717, 1.165) is 0 Å². The van der Waals surface area contributed by atoms with Crippen molar-refractivity contribution in [3.63, 3.8) is 0 Å². The van der Waals surface area contributed by atoms with E-state index in [1.807, 2.05) is 20.8 Å². The molecule has 0 aliphatic heterocycles. The van der Waals surface area contributed by atoms with Crippen molar-refractivity contribution in [2.24, 2.45) is 11.8 Å². The first-order valence-corrected chi connectivity index (χ1v) is 9.90. The Kier molecular flexibility index (Phi) is 14.8. The van der Waals surface area contributed by atoms with Gasteiger partial charge >= 0.3 is 11.9 Å². The van der Waals surface area contributed by atoms with E-state index < -0.39 is 0 Å². The average Bonchev–Trinajstić information content (AvgIpc) is 3.14. The molecular weight excluding hydrogens is 304 g/mol. The lowest BCUT2D eigenvalue weighted by Gasteiger charge is -2.20. The molecule has 0 bridgehead atoms. The molecule has 0 spiro atoms. The van der Waals surface area contributed by atoms with Crippen LogP contribution in [0.5, 0.6) is 0 Å². The molecule has 0 saturated heterocycles. The topological polar surface area (TPSA) is 52.6 Å². The minimum absolute atomic E-state index is 0.0550. The Balaban J connectivity index is 0.000000405. The summed E-state index contributed by atoms with van der Waals surface area (Å²) < 4.78 is 9.98. The molecule has 0 radical (unpaired) electrons. The highest BCUT2D eigenvalue weighted by atomic mass is 16.5. The average molecular weight is 343 g/mol. The number of carbonyl (C=O) groups is 2. The predicted octanol–water partition coefficient (Wildman–Crippen LogP) is 5.29. The van der Waals surface area contributed by atoms with Gasteiger partial charge in [-0.15, -0.1) is 0 Å². The minimum Gasteiger partial charge on any atom is -0.466 e. The Hall–Kier alpha value is -1.06. The van der Waals surface area contributed by atoms with Gasteiger partial charge in [0.25, 0.3) is 0 Å². The number of carbonyl (C=O) groups excluding carboxylic acids is 2. The smallest absolute Gasteiger partial charge is 0.305 e. The van der Waals surface area contributed by atoms with Crippen LogP contribution in [0.3, 0.4) is 0 Å². The van der Waals surface area contributed by atoms with Crippen molar-refractivity contribution >= 4 is 11.9 Å². The molecule has 0 N–H and O–H groups in total. The molecule has 2 saturated carbocycles. The van der Waals surface area contributed by atoms with Crippen molar-refractivity contribution in [1.29, 1.82) is 0 Å². The van der Waals surface area contributed by atoms with Crippen molar-refractivity contribution < 1.29 is 19.1 Å². The van der Waals surface area contributed by atoms with Gasteiger partial charge in [-0.3, -0.25) is 9.59 Å². The molecule has 2 aliphatic rings. The van der Waals surface area contributed by atoms with Crippen LogP contribution in [0.1, 0.15) is 91.9 Å². The molecule has 0 aromatic rings. The quantitative estimate of drug-likeness (QED) is 0.637. The third-order valence-electron chi connectivity index (χ3n) is 4.49. The number of rotatable bonds is 5. The molecule has 2 fully saturated rings. The van der Waals surface area contributed by atoms with Gasteiger partial charge in [0.2, 0.25) is 0 Å². The summed E-state index contributed by atoms with van der Waals surface area (Å²) in [5, 5.41) is 0. The summed E-state index contributed by atoms with van der Waals surface area (Å²) in [6.45, 7) is 8.61. The van der Waals surface area contributed by atoms with Gasteiger partial charge < -0.3 is 9.47 Å². The van der Waals surface area contributed by atoms with Crippen LogP contribution in [0, 0.1) is 11.8 Å².